The second-order valence-corrected chi connectivity index (χ2v) is 7.49. The van der Waals surface area contributed by atoms with Crippen molar-refractivity contribution in [2.24, 2.45) is 0 Å². The van der Waals surface area contributed by atoms with E-state index in [9.17, 15) is 18.4 Å². The van der Waals surface area contributed by atoms with Crippen LogP contribution < -0.4 is 14.8 Å². The fourth-order valence-electron chi connectivity index (χ4n) is 2.53. The van der Waals surface area contributed by atoms with Crippen LogP contribution in [0.5, 0.6) is 5.75 Å². The molecule has 0 radical (unpaired) electrons. The van der Waals surface area contributed by atoms with E-state index in [4.69, 9.17) is 4.74 Å². The van der Waals surface area contributed by atoms with Gasteiger partial charge in [-0.15, -0.1) is 0 Å². The van der Waals surface area contributed by atoms with E-state index in [1.165, 1.54) is 41.0 Å². The number of benzene rings is 1. The van der Waals surface area contributed by atoms with Crippen LogP contribution in [0.4, 0.5) is 5.69 Å². The van der Waals surface area contributed by atoms with Crippen molar-refractivity contribution in [3.63, 3.8) is 0 Å². The molecular weight excluding hydrogens is 370 g/mol. The smallest absolute Gasteiger partial charge is 0.256 e. The summed E-state index contributed by atoms with van der Waals surface area (Å²) in [6.45, 7) is 6.22. The number of hydrogen-bond acceptors (Lipinski definition) is 5. The minimum Gasteiger partial charge on any atom is -0.619 e. The summed E-state index contributed by atoms with van der Waals surface area (Å²) in [5.41, 5.74) is 0.595. The molecule has 0 bridgehead atoms. The van der Waals surface area contributed by atoms with Gasteiger partial charge < -0.3 is 15.3 Å². The summed E-state index contributed by atoms with van der Waals surface area (Å²) in [7, 11) is -3.77. The Labute approximate surface area is 159 Å². The summed E-state index contributed by atoms with van der Waals surface area (Å²) in [5, 5.41) is 13.7. The molecule has 27 heavy (non-hydrogen) atoms. The molecule has 2 rings (SSSR count). The van der Waals surface area contributed by atoms with Crippen LogP contribution in [-0.4, -0.2) is 38.3 Å². The van der Waals surface area contributed by atoms with Gasteiger partial charge in [-0.1, -0.05) is 13.8 Å². The third kappa shape index (κ3) is 4.75. The van der Waals surface area contributed by atoms with Crippen LogP contribution in [0.2, 0.25) is 0 Å². The summed E-state index contributed by atoms with van der Waals surface area (Å²) in [5.74, 6) is -0.222. The molecule has 0 aliphatic carbocycles. The highest BCUT2D eigenvalue weighted by Gasteiger charge is 2.26. The van der Waals surface area contributed by atoms with Gasteiger partial charge in [0.1, 0.15) is 10.6 Å². The van der Waals surface area contributed by atoms with Gasteiger partial charge in [-0.2, -0.15) is 9.04 Å². The van der Waals surface area contributed by atoms with Crippen molar-refractivity contribution in [1.29, 1.82) is 0 Å². The maximum atomic E-state index is 12.9. The number of anilines is 1. The van der Waals surface area contributed by atoms with Gasteiger partial charge >= 0.3 is 0 Å². The fourth-order valence-corrected chi connectivity index (χ4v) is 4.15. The zero-order valence-corrected chi connectivity index (χ0v) is 16.3. The fraction of sp³-hybridized carbons (Fsp3) is 0.333. The van der Waals surface area contributed by atoms with E-state index in [1.54, 1.807) is 26.8 Å². The zero-order chi connectivity index (χ0) is 20.0. The van der Waals surface area contributed by atoms with Crippen molar-refractivity contribution < 1.29 is 22.7 Å². The first-order valence-electron chi connectivity index (χ1n) is 8.60. The number of nitrogens with zero attached hydrogens (tertiary/aromatic N) is 2. The largest absolute Gasteiger partial charge is 0.619 e. The molecule has 1 amide bonds. The number of amides is 1. The maximum absolute atomic E-state index is 12.9. The van der Waals surface area contributed by atoms with Crippen LogP contribution in [0.1, 0.15) is 31.1 Å². The Morgan fingerprint density at radius 1 is 1.15 bits per heavy atom. The maximum Gasteiger partial charge on any atom is 0.256 e. The van der Waals surface area contributed by atoms with Gasteiger partial charge in [0.05, 0.1) is 12.2 Å². The predicted octanol–water partition coefficient (Wildman–Crippen LogP) is 2.00. The third-order valence-electron chi connectivity index (χ3n) is 3.89. The molecule has 146 valence electrons. The highest BCUT2D eigenvalue weighted by Crippen LogP contribution is 2.30. The van der Waals surface area contributed by atoms with Gasteiger partial charge in [-0.25, -0.2) is 8.42 Å². The normalized spacial score (nSPS) is 11.4. The Kier molecular flexibility index (Phi) is 6.75. The summed E-state index contributed by atoms with van der Waals surface area (Å²) in [4.78, 5) is 12.3. The molecule has 0 unspecified atom stereocenters. The van der Waals surface area contributed by atoms with Gasteiger partial charge in [0.15, 0.2) is 12.4 Å². The van der Waals surface area contributed by atoms with Crippen molar-refractivity contribution >= 4 is 21.6 Å². The number of pyridine rings is 1. The summed E-state index contributed by atoms with van der Waals surface area (Å²) in [6.07, 6.45) is 2.42. The molecule has 0 atom stereocenters. The molecule has 0 aliphatic rings. The topological polar surface area (TPSA) is 103 Å². The molecule has 9 heteroatoms. The van der Waals surface area contributed by atoms with Gasteiger partial charge in [0, 0.05) is 30.9 Å². The molecule has 2 aromatic rings. The lowest BCUT2D eigenvalue weighted by Crippen LogP contribution is -2.31. The minimum atomic E-state index is -3.77. The molecule has 0 aliphatic heterocycles. The van der Waals surface area contributed by atoms with E-state index in [2.05, 4.69) is 5.32 Å². The minimum absolute atomic E-state index is 0.00342. The van der Waals surface area contributed by atoms with Gasteiger partial charge in [0.25, 0.3) is 5.91 Å². The van der Waals surface area contributed by atoms with Gasteiger partial charge in [-0.3, -0.25) is 4.79 Å². The van der Waals surface area contributed by atoms with E-state index >= 15 is 0 Å². The SMILES string of the molecule is CCOc1ccc(NC(=O)c2cc[n+]([O-])cc2)cc1S(=O)(=O)N(CC)CC. The standard InChI is InChI=1S/C18H23N3O5S/c1-4-21(5-2)27(24,25)17-13-15(7-8-16(17)26-6-3)19-18(22)14-9-11-20(23)12-10-14/h7-13H,4-6H2,1-3H3,(H,19,22). The van der Waals surface area contributed by atoms with Crippen LogP contribution in [0, 0.1) is 5.21 Å². The number of carbonyl (C=O) groups is 1. The van der Waals surface area contributed by atoms with Crippen LogP contribution in [0.25, 0.3) is 0 Å². The number of nitrogens with one attached hydrogen (secondary N) is 1. The number of carbonyl (C=O) groups excluding carboxylic acids is 1. The van der Waals surface area contributed by atoms with E-state index < -0.39 is 15.9 Å². The highest BCUT2D eigenvalue weighted by molar-refractivity contribution is 7.89. The van der Waals surface area contributed by atoms with Gasteiger partial charge in [0.2, 0.25) is 10.0 Å². The molecule has 1 heterocycles. The van der Waals surface area contributed by atoms with E-state index in [0.717, 1.165) is 0 Å². The Morgan fingerprint density at radius 3 is 2.33 bits per heavy atom. The molecule has 0 saturated heterocycles. The van der Waals surface area contributed by atoms with Crippen LogP contribution >= 0.6 is 0 Å². The lowest BCUT2D eigenvalue weighted by molar-refractivity contribution is -0.605. The molecule has 1 N–H and O–H groups in total. The van der Waals surface area contributed by atoms with E-state index in [1.807, 2.05) is 0 Å². The van der Waals surface area contributed by atoms with Crippen LogP contribution in [0.15, 0.2) is 47.6 Å². The first-order chi connectivity index (χ1) is 12.8. The first-order valence-corrected chi connectivity index (χ1v) is 10.0. The van der Waals surface area contributed by atoms with E-state index in [0.29, 0.717) is 30.1 Å². The number of sulfonamides is 1. The van der Waals surface area contributed by atoms with Crippen molar-refractivity contribution in [3.05, 3.63) is 53.5 Å². The van der Waals surface area contributed by atoms with Gasteiger partial charge in [-0.05, 0) is 25.1 Å². The Morgan fingerprint density at radius 2 is 1.78 bits per heavy atom. The lowest BCUT2D eigenvalue weighted by Gasteiger charge is -2.21. The monoisotopic (exact) mass is 393 g/mol. The number of ether oxygens (including phenoxy) is 1. The quantitative estimate of drug-likeness (QED) is 0.546. The van der Waals surface area contributed by atoms with Crippen LogP contribution in [0.3, 0.4) is 0 Å². The Balaban J connectivity index is 2.39. The Bertz CT molecular complexity index is 894. The second-order valence-electron chi connectivity index (χ2n) is 5.58. The molecule has 8 nitrogen and oxygen atoms in total. The van der Waals surface area contributed by atoms with Crippen molar-refractivity contribution in [2.45, 2.75) is 25.7 Å². The summed E-state index contributed by atoms with van der Waals surface area (Å²) in [6, 6.07) is 7.23. The molecule has 1 aromatic heterocycles. The molecule has 0 spiro atoms. The number of rotatable bonds is 8. The summed E-state index contributed by atoms with van der Waals surface area (Å²) >= 11 is 0. The second kappa shape index (κ2) is 8.83. The molecule has 0 fully saturated rings. The number of aromatic nitrogens is 1. The zero-order valence-electron chi connectivity index (χ0n) is 15.5. The van der Waals surface area contributed by atoms with Crippen molar-refractivity contribution in [3.8, 4) is 5.75 Å². The Hall–Kier alpha value is -2.65. The third-order valence-corrected chi connectivity index (χ3v) is 5.96. The average Bonchev–Trinajstić information content (AvgIpc) is 2.64. The molecular formula is C18H23N3O5S. The van der Waals surface area contributed by atoms with Crippen molar-refractivity contribution in [2.75, 3.05) is 25.0 Å². The average molecular weight is 393 g/mol. The predicted molar refractivity (Wildman–Crippen MR) is 101 cm³/mol. The van der Waals surface area contributed by atoms with Crippen molar-refractivity contribution in [1.82, 2.24) is 4.31 Å². The molecule has 0 saturated carbocycles. The number of hydrogen-bond donors (Lipinski definition) is 1. The lowest BCUT2D eigenvalue weighted by atomic mass is 10.2. The van der Waals surface area contributed by atoms with Crippen LogP contribution in [-0.2, 0) is 10.0 Å². The molecule has 1 aromatic carbocycles. The first kappa shape index (κ1) is 20.7. The summed E-state index contributed by atoms with van der Waals surface area (Å²) < 4.78 is 33.2. The highest BCUT2D eigenvalue weighted by atomic mass is 32.2. The van der Waals surface area contributed by atoms with E-state index in [-0.39, 0.29) is 16.2 Å².